The van der Waals surface area contributed by atoms with Crippen molar-refractivity contribution in [2.75, 3.05) is 20.8 Å². The third kappa shape index (κ3) is 6.33. The van der Waals surface area contributed by atoms with E-state index in [1.54, 1.807) is 7.11 Å². The molecule has 2 aliphatic heterocycles. The van der Waals surface area contributed by atoms with Gasteiger partial charge in [0.05, 0.1) is 24.9 Å². The molecule has 3 fully saturated rings. The zero-order chi connectivity index (χ0) is 31.1. The zero-order valence-electron chi connectivity index (χ0n) is 26.6. The van der Waals surface area contributed by atoms with Gasteiger partial charge in [-0.05, 0) is 69.8 Å². The van der Waals surface area contributed by atoms with E-state index in [4.69, 9.17) is 23.5 Å². The van der Waals surface area contributed by atoms with E-state index in [0.29, 0.717) is 0 Å². The van der Waals surface area contributed by atoms with Crippen molar-refractivity contribution in [3.8, 4) is 0 Å². The number of ether oxygens (including phenoxy) is 3. The Kier molecular flexibility index (Phi) is 9.08. The van der Waals surface area contributed by atoms with E-state index in [0.717, 1.165) is 36.7 Å². The van der Waals surface area contributed by atoms with Crippen molar-refractivity contribution in [2.24, 2.45) is 5.41 Å². The number of carbonyl (C=O) groups is 3. The second kappa shape index (κ2) is 11.8. The van der Waals surface area contributed by atoms with Crippen molar-refractivity contribution >= 4 is 30.6 Å². The summed E-state index contributed by atoms with van der Waals surface area (Å²) in [5.74, 6) is -0.939. The summed E-state index contributed by atoms with van der Waals surface area (Å²) in [5.41, 5.74) is -0.908. The summed E-state index contributed by atoms with van der Waals surface area (Å²) in [6.07, 6.45) is 3.11. The number of benzene rings is 1. The molecular formula is C31H47BN2O8. The van der Waals surface area contributed by atoms with Crippen molar-refractivity contribution in [2.45, 2.75) is 116 Å². The molecule has 10 nitrogen and oxygen atoms in total. The summed E-state index contributed by atoms with van der Waals surface area (Å²) < 4.78 is 29.2. The van der Waals surface area contributed by atoms with Crippen LogP contribution in [0.3, 0.4) is 0 Å². The van der Waals surface area contributed by atoms with Gasteiger partial charge in [0.25, 0.3) is 0 Å². The first kappa shape index (κ1) is 32.3. The quantitative estimate of drug-likeness (QED) is 0.381. The van der Waals surface area contributed by atoms with Crippen LogP contribution in [0, 0.1) is 5.41 Å². The average Bonchev–Trinajstić information content (AvgIpc) is 3.63. The van der Waals surface area contributed by atoms with Gasteiger partial charge in [-0.2, -0.15) is 0 Å². The summed E-state index contributed by atoms with van der Waals surface area (Å²) in [6, 6.07) is 5.86. The van der Waals surface area contributed by atoms with E-state index in [-0.39, 0.29) is 19.1 Å². The summed E-state index contributed by atoms with van der Waals surface area (Å²) in [6.45, 7) is 13.7. The van der Waals surface area contributed by atoms with E-state index in [1.807, 2.05) is 72.7 Å². The topological polar surface area (TPSA) is 113 Å². The summed E-state index contributed by atoms with van der Waals surface area (Å²) >= 11 is 0. The number of esters is 1. The van der Waals surface area contributed by atoms with Gasteiger partial charge >= 0.3 is 19.2 Å². The Bertz CT molecular complexity index is 1140. The van der Waals surface area contributed by atoms with Crippen LogP contribution in [-0.2, 0) is 38.7 Å². The lowest BCUT2D eigenvalue weighted by molar-refractivity contribution is -0.152. The maximum Gasteiger partial charge on any atom is 0.494 e. The molecule has 2 heterocycles. The minimum absolute atomic E-state index is 0.101. The molecule has 4 rings (SSSR count). The Morgan fingerprint density at radius 3 is 2.07 bits per heavy atom. The Labute approximate surface area is 250 Å². The van der Waals surface area contributed by atoms with E-state index in [9.17, 15) is 14.4 Å². The van der Waals surface area contributed by atoms with Crippen molar-refractivity contribution in [3.05, 3.63) is 29.8 Å². The molecule has 1 saturated carbocycles. The number of carbonyl (C=O) groups excluding carboxylic acids is 3. The minimum atomic E-state index is -0.976. The maximum absolute atomic E-state index is 14.1. The maximum atomic E-state index is 14.1. The van der Waals surface area contributed by atoms with Crippen molar-refractivity contribution < 1.29 is 37.9 Å². The van der Waals surface area contributed by atoms with Gasteiger partial charge in [-0.1, -0.05) is 45.0 Å². The van der Waals surface area contributed by atoms with Gasteiger partial charge in [-0.3, -0.25) is 4.79 Å². The van der Waals surface area contributed by atoms with E-state index >= 15 is 0 Å². The van der Waals surface area contributed by atoms with Crippen LogP contribution in [0.2, 0.25) is 0 Å². The lowest BCUT2D eigenvalue weighted by Gasteiger charge is -2.35. The number of alkyl carbamates (subject to hydrolysis) is 1. The molecule has 0 unspecified atom stereocenters. The Morgan fingerprint density at radius 1 is 1.00 bits per heavy atom. The van der Waals surface area contributed by atoms with Crippen LogP contribution in [0.4, 0.5) is 4.79 Å². The number of hydrogen-bond acceptors (Lipinski definition) is 8. The Balaban J connectivity index is 1.58. The fraction of sp³-hybridized carbons (Fsp3) is 0.710. The average molecular weight is 587 g/mol. The Hall–Kier alpha value is -2.63. The van der Waals surface area contributed by atoms with Crippen LogP contribution in [-0.4, -0.2) is 80.1 Å². The first-order valence-electron chi connectivity index (χ1n) is 14.9. The summed E-state index contributed by atoms with van der Waals surface area (Å²) in [7, 11) is 2.35. The monoisotopic (exact) mass is 586 g/mol. The van der Waals surface area contributed by atoms with Crippen LogP contribution in [0.25, 0.3) is 0 Å². The highest BCUT2D eigenvalue weighted by Gasteiger charge is 2.54. The molecule has 11 heteroatoms. The number of hydrogen-bond donors (Lipinski definition) is 1. The molecule has 1 N–H and O–H groups in total. The highest BCUT2D eigenvalue weighted by molar-refractivity contribution is 6.62. The van der Waals surface area contributed by atoms with Crippen LogP contribution < -0.4 is 10.8 Å². The molecular weight excluding hydrogens is 539 g/mol. The molecule has 3 aliphatic rings. The normalized spacial score (nSPS) is 26.3. The fourth-order valence-corrected chi connectivity index (χ4v) is 5.97. The SMILES string of the molecule is COC(=O)[C@@H]1C[C@@](OC)(c2ccc(B3OC(C)(C)C(C)(C)O3)cc2)CN1C(=O)[C@@H](NC(=O)OC1CCCC1)C(C)(C)C. The van der Waals surface area contributed by atoms with E-state index in [2.05, 4.69) is 5.32 Å². The molecule has 2 saturated heterocycles. The van der Waals surface area contributed by atoms with E-state index < -0.39 is 59.4 Å². The number of amides is 2. The third-order valence-corrected chi connectivity index (χ3v) is 9.39. The molecule has 1 aliphatic carbocycles. The largest absolute Gasteiger partial charge is 0.494 e. The minimum Gasteiger partial charge on any atom is -0.467 e. The van der Waals surface area contributed by atoms with Crippen LogP contribution >= 0.6 is 0 Å². The molecule has 1 aromatic rings. The Morgan fingerprint density at radius 2 is 1.57 bits per heavy atom. The number of likely N-dealkylation sites (tertiary alicyclic amines) is 1. The van der Waals surface area contributed by atoms with Crippen molar-refractivity contribution in [1.82, 2.24) is 10.2 Å². The molecule has 0 bridgehead atoms. The molecule has 3 atom stereocenters. The smallest absolute Gasteiger partial charge is 0.467 e. The second-order valence-corrected chi connectivity index (χ2v) is 13.9. The highest BCUT2D eigenvalue weighted by atomic mass is 16.7. The lowest BCUT2D eigenvalue weighted by atomic mass is 9.77. The van der Waals surface area contributed by atoms with Crippen LogP contribution in [0.5, 0.6) is 0 Å². The highest BCUT2D eigenvalue weighted by Crippen LogP contribution is 2.41. The summed E-state index contributed by atoms with van der Waals surface area (Å²) in [4.78, 5) is 41.5. The van der Waals surface area contributed by atoms with Crippen molar-refractivity contribution in [1.29, 1.82) is 0 Å². The van der Waals surface area contributed by atoms with E-state index in [1.165, 1.54) is 12.0 Å². The number of methoxy groups -OCH3 is 2. The third-order valence-electron chi connectivity index (χ3n) is 9.39. The number of nitrogens with one attached hydrogen (secondary N) is 1. The first-order chi connectivity index (χ1) is 19.5. The molecule has 42 heavy (non-hydrogen) atoms. The summed E-state index contributed by atoms with van der Waals surface area (Å²) in [5, 5.41) is 2.80. The predicted molar refractivity (Wildman–Crippen MR) is 158 cm³/mol. The van der Waals surface area contributed by atoms with Gasteiger partial charge in [-0.15, -0.1) is 0 Å². The molecule has 232 valence electrons. The molecule has 0 spiro atoms. The van der Waals surface area contributed by atoms with Gasteiger partial charge in [0, 0.05) is 13.5 Å². The molecule has 1 aromatic carbocycles. The van der Waals surface area contributed by atoms with Gasteiger partial charge in [0.1, 0.15) is 23.8 Å². The van der Waals surface area contributed by atoms with Crippen LogP contribution in [0.15, 0.2) is 24.3 Å². The van der Waals surface area contributed by atoms with Crippen molar-refractivity contribution in [3.63, 3.8) is 0 Å². The lowest BCUT2D eigenvalue weighted by Crippen LogP contribution is -2.57. The predicted octanol–water partition coefficient (Wildman–Crippen LogP) is 3.68. The molecule has 2 amide bonds. The fourth-order valence-electron chi connectivity index (χ4n) is 5.97. The van der Waals surface area contributed by atoms with Gasteiger partial charge in [0.15, 0.2) is 0 Å². The van der Waals surface area contributed by atoms with Gasteiger partial charge in [0.2, 0.25) is 5.91 Å². The molecule has 0 radical (unpaired) electrons. The van der Waals surface area contributed by atoms with Gasteiger partial charge < -0.3 is 33.7 Å². The zero-order valence-corrected chi connectivity index (χ0v) is 26.6. The van der Waals surface area contributed by atoms with Crippen LogP contribution in [0.1, 0.15) is 86.1 Å². The number of nitrogens with zero attached hydrogens (tertiary/aromatic N) is 1. The standard InChI is InChI=1S/C31H47BN2O8/c1-28(2,3)24(33-27(37)40-22-12-10-11-13-22)25(35)34-19-31(39-9,18-23(34)26(36)38-8)20-14-16-21(17-15-20)32-41-29(4,5)30(6,7)42-32/h14-17,22-24H,10-13,18-19H2,1-9H3,(H,33,37)/t23-,24+,31-/m0/s1. The first-order valence-corrected chi connectivity index (χ1v) is 14.9. The number of rotatable bonds is 7. The molecule has 0 aromatic heterocycles. The van der Waals surface area contributed by atoms with Gasteiger partial charge in [-0.25, -0.2) is 9.59 Å². The second-order valence-electron chi connectivity index (χ2n) is 13.9.